The van der Waals surface area contributed by atoms with Crippen LogP contribution in [0.2, 0.25) is 0 Å². The summed E-state index contributed by atoms with van der Waals surface area (Å²) in [5.74, 6) is 1.44. The zero-order valence-corrected chi connectivity index (χ0v) is 25.2. The molecule has 0 bridgehead atoms. The number of benzene rings is 6. The van der Waals surface area contributed by atoms with Gasteiger partial charge in [-0.3, -0.25) is 0 Å². The topological polar surface area (TPSA) is 86.4 Å². The van der Waals surface area contributed by atoms with Crippen molar-refractivity contribution >= 4 is 44.3 Å². The molecule has 0 aromatic heterocycles. The minimum absolute atomic E-state index is 0.358. The lowest BCUT2D eigenvalue weighted by Gasteiger charge is -2.32. The van der Waals surface area contributed by atoms with Gasteiger partial charge in [0.15, 0.2) is 23.0 Å². The van der Waals surface area contributed by atoms with Crippen molar-refractivity contribution in [3.8, 4) is 23.0 Å². The van der Waals surface area contributed by atoms with Gasteiger partial charge in [-0.25, -0.2) is 0 Å². The molecule has 6 aromatic carbocycles. The quantitative estimate of drug-likeness (QED) is 0.176. The molecule has 0 radical (unpaired) electrons. The van der Waals surface area contributed by atoms with Gasteiger partial charge in [0.05, 0.1) is 0 Å². The summed E-state index contributed by atoms with van der Waals surface area (Å²) < 4.78 is 26.8. The van der Waals surface area contributed by atoms with Crippen molar-refractivity contribution in [3.63, 3.8) is 0 Å². The molecule has 0 saturated heterocycles. The molecule has 2 aliphatic heterocycles. The molecule has 8 heteroatoms. The lowest BCUT2D eigenvalue weighted by atomic mass is 10.1. The van der Waals surface area contributed by atoms with Crippen LogP contribution in [-0.4, -0.2) is 6.16 Å². The third kappa shape index (κ3) is 4.80. The first-order chi connectivity index (χ1) is 21.8. The van der Waals surface area contributed by atoms with Crippen LogP contribution in [0.15, 0.2) is 118 Å². The normalized spacial score (nSPS) is 16.6. The number of hydrogen-bond acceptors (Lipinski definition) is 8. The first kappa shape index (κ1) is 26.8. The molecule has 0 atom stereocenters. The summed E-state index contributed by atoms with van der Waals surface area (Å²) in [7, 11) is 0. The van der Waals surface area contributed by atoms with E-state index in [4.69, 9.17) is 29.2 Å². The Bertz CT molecular complexity index is 2080. The fourth-order valence-corrected chi connectivity index (χ4v) is 5.65. The molecule has 0 saturated carbocycles. The summed E-state index contributed by atoms with van der Waals surface area (Å²) in [5.41, 5.74) is 6.26. The van der Waals surface area contributed by atoms with Crippen LogP contribution in [0.1, 0.15) is 22.3 Å². The standard InChI is InChI=1S/C37H28N4O4/c1-21-5-11-27-25(17-21)9-15-33-35(27)40-38-29-19-23(3)7-13-31(29)42-37(44-33)43-32-14-8-24(4)20-30(32)39-41-36-28-12-6-22(2)18-26(28)10-16-34(36)45-37/h5-20H,1-4H3. The minimum atomic E-state index is -2.18. The van der Waals surface area contributed by atoms with Crippen molar-refractivity contribution in [2.75, 3.05) is 0 Å². The first-order valence-corrected chi connectivity index (χ1v) is 14.7. The fourth-order valence-electron chi connectivity index (χ4n) is 5.65. The van der Waals surface area contributed by atoms with Crippen LogP contribution in [0.4, 0.5) is 22.7 Å². The predicted molar refractivity (Wildman–Crippen MR) is 173 cm³/mol. The lowest BCUT2D eigenvalue weighted by Crippen LogP contribution is -2.53. The monoisotopic (exact) mass is 592 g/mol. The number of ether oxygens (including phenoxy) is 4. The van der Waals surface area contributed by atoms with E-state index < -0.39 is 6.16 Å². The average Bonchev–Trinajstić information content (AvgIpc) is 3.12. The Balaban J connectivity index is 1.42. The molecule has 6 aromatic rings. The smallest absolute Gasteiger partial charge is 0.384 e. The van der Waals surface area contributed by atoms with Crippen molar-refractivity contribution in [2.45, 2.75) is 33.9 Å². The zero-order valence-electron chi connectivity index (χ0n) is 25.2. The van der Waals surface area contributed by atoms with E-state index in [9.17, 15) is 0 Å². The molecule has 220 valence electrons. The highest BCUT2D eigenvalue weighted by Gasteiger charge is 2.47. The molecule has 8 nitrogen and oxygen atoms in total. The molecule has 45 heavy (non-hydrogen) atoms. The first-order valence-electron chi connectivity index (χ1n) is 14.7. The number of aryl methyl sites for hydroxylation is 4. The third-order valence-corrected chi connectivity index (χ3v) is 7.90. The van der Waals surface area contributed by atoms with E-state index in [2.05, 4.69) is 36.2 Å². The van der Waals surface area contributed by atoms with Crippen molar-refractivity contribution in [2.24, 2.45) is 20.5 Å². The maximum Gasteiger partial charge on any atom is 0.611 e. The van der Waals surface area contributed by atoms with Gasteiger partial charge in [0.1, 0.15) is 22.7 Å². The zero-order chi connectivity index (χ0) is 30.7. The van der Waals surface area contributed by atoms with Crippen LogP contribution < -0.4 is 18.9 Å². The molecule has 2 aliphatic rings. The number of hydrogen-bond donors (Lipinski definition) is 0. The third-order valence-electron chi connectivity index (χ3n) is 7.90. The van der Waals surface area contributed by atoms with Crippen molar-refractivity contribution < 1.29 is 18.9 Å². The number of nitrogens with zero attached hydrogens (tertiary/aromatic N) is 4. The Labute approximate surface area is 259 Å². The second-order valence-corrected chi connectivity index (χ2v) is 11.5. The van der Waals surface area contributed by atoms with E-state index in [-0.39, 0.29) is 0 Å². The Hall–Kier alpha value is -5.76. The molecule has 0 unspecified atom stereocenters. The highest BCUT2D eigenvalue weighted by Crippen LogP contribution is 2.47. The van der Waals surface area contributed by atoms with Gasteiger partial charge in [-0.2, -0.15) is 0 Å². The molecule has 0 aliphatic carbocycles. The Morgan fingerprint density at radius 1 is 0.400 bits per heavy atom. The van der Waals surface area contributed by atoms with Crippen molar-refractivity contribution in [3.05, 3.63) is 119 Å². The summed E-state index contributed by atoms with van der Waals surface area (Å²) in [6.45, 7) is 8.08. The maximum absolute atomic E-state index is 6.73. The Morgan fingerprint density at radius 2 is 0.778 bits per heavy atom. The number of rotatable bonds is 0. The van der Waals surface area contributed by atoms with Gasteiger partial charge >= 0.3 is 6.16 Å². The van der Waals surface area contributed by atoms with Crippen LogP contribution in [0, 0.1) is 27.7 Å². The summed E-state index contributed by atoms with van der Waals surface area (Å²) >= 11 is 0. The van der Waals surface area contributed by atoms with Crippen LogP contribution in [0.3, 0.4) is 0 Å². The summed E-state index contributed by atoms with van der Waals surface area (Å²) in [6.07, 6.45) is -2.18. The van der Waals surface area contributed by atoms with Gasteiger partial charge in [0, 0.05) is 10.8 Å². The van der Waals surface area contributed by atoms with Crippen molar-refractivity contribution in [1.82, 2.24) is 0 Å². The minimum Gasteiger partial charge on any atom is -0.384 e. The van der Waals surface area contributed by atoms with E-state index in [1.54, 1.807) is 12.1 Å². The molecular formula is C37H28N4O4. The summed E-state index contributed by atoms with van der Waals surface area (Å²) in [4.78, 5) is 0. The molecule has 0 fully saturated rings. The number of fused-ring (bicyclic) bond motifs is 8. The lowest BCUT2D eigenvalue weighted by molar-refractivity contribution is -0.366. The van der Waals surface area contributed by atoms with E-state index >= 15 is 0 Å². The van der Waals surface area contributed by atoms with Gasteiger partial charge in [-0.15, -0.1) is 20.5 Å². The summed E-state index contributed by atoms with van der Waals surface area (Å²) in [6, 6.07) is 31.1. The predicted octanol–water partition coefficient (Wildman–Crippen LogP) is 10.9. The highest BCUT2D eigenvalue weighted by atomic mass is 17.0. The van der Waals surface area contributed by atoms with E-state index in [0.717, 1.165) is 43.8 Å². The molecule has 2 heterocycles. The molecule has 1 spiro atoms. The molecule has 0 N–H and O–H groups in total. The van der Waals surface area contributed by atoms with Gasteiger partial charge in [0.25, 0.3) is 0 Å². The largest absolute Gasteiger partial charge is 0.611 e. The SMILES string of the molecule is Cc1ccc2c(c1)N=Nc1c(ccc3cc(C)ccc13)OC1(O2)Oc2ccc(C)cc2N=Nc2c(ccc3cc(C)ccc23)O1. The second kappa shape index (κ2) is 10.2. The second-order valence-electron chi connectivity index (χ2n) is 11.5. The van der Waals surface area contributed by atoms with Gasteiger partial charge in [-0.05, 0) is 86.0 Å². The number of azo groups is 2. The van der Waals surface area contributed by atoms with Gasteiger partial charge < -0.3 is 18.9 Å². The highest BCUT2D eigenvalue weighted by molar-refractivity contribution is 5.97. The van der Waals surface area contributed by atoms with Crippen LogP contribution >= 0.6 is 0 Å². The average molecular weight is 593 g/mol. The molecule has 0 amide bonds. The Morgan fingerprint density at radius 3 is 1.24 bits per heavy atom. The van der Waals surface area contributed by atoms with Crippen LogP contribution in [0.25, 0.3) is 21.5 Å². The van der Waals surface area contributed by atoms with Crippen LogP contribution in [-0.2, 0) is 0 Å². The molecule has 8 rings (SSSR count). The maximum atomic E-state index is 6.73. The summed E-state index contributed by atoms with van der Waals surface area (Å²) in [5, 5.41) is 22.4. The fraction of sp³-hybridized carbons (Fsp3) is 0.135. The van der Waals surface area contributed by atoms with E-state index in [1.807, 2.05) is 86.6 Å². The van der Waals surface area contributed by atoms with Crippen molar-refractivity contribution in [1.29, 1.82) is 0 Å². The van der Waals surface area contributed by atoms with Gasteiger partial charge in [-0.1, -0.05) is 71.8 Å². The van der Waals surface area contributed by atoms with Gasteiger partial charge in [0.2, 0.25) is 0 Å². The molecular weight excluding hydrogens is 564 g/mol. The van der Waals surface area contributed by atoms with E-state index in [0.29, 0.717) is 45.7 Å². The van der Waals surface area contributed by atoms with Crippen LogP contribution in [0.5, 0.6) is 23.0 Å². The van der Waals surface area contributed by atoms with E-state index in [1.165, 1.54) is 0 Å². The Kier molecular flexibility index (Phi) is 6.06.